The highest BCUT2D eigenvalue weighted by Gasteiger charge is 2.38. The van der Waals surface area contributed by atoms with Gasteiger partial charge in [-0.05, 0) is 47.9 Å². The van der Waals surface area contributed by atoms with Crippen molar-refractivity contribution in [3.63, 3.8) is 0 Å². The molecule has 0 aliphatic heterocycles. The number of carboxylic acids is 1. The minimum Gasteiger partial charge on any atom is -0.481 e. The van der Waals surface area contributed by atoms with Gasteiger partial charge in [-0.25, -0.2) is 13.2 Å². The number of carboxylic acid groups (broad SMARTS) is 1. The average Bonchev–Trinajstić information content (AvgIpc) is 3.11. The van der Waals surface area contributed by atoms with Crippen LogP contribution in [-0.4, -0.2) is 80.9 Å². The molecule has 1 aliphatic rings. The molecule has 0 radical (unpaired) electrons. The Morgan fingerprint density at radius 2 is 1.36 bits per heavy atom. The van der Waals surface area contributed by atoms with E-state index < -0.39 is 147 Å². The zero-order valence-corrected chi connectivity index (χ0v) is 32.8. The maximum atomic E-state index is 14.3. The molecular formula is C34H25ClN2O17S4. The minimum atomic E-state index is -5.73. The van der Waals surface area contributed by atoms with Gasteiger partial charge in [-0.1, -0.05) is 48.0 Å². The third-order valence-electron chi connectivity index (χ3n) is 8.68. The largest absolute Gasteiger partial charge is 0.481 e. The number of ketones is 1. The monoisotopic (exact) mass is 896 g/mol. The van der Waals surface area contributed by atoms with Gasteiger partial charge in [0.05, 0.1) is 33.1 Å². The van der Waals surface area contributed by atoms with Crippen LogP contribution in [0.1, 0.15) is 44.7 Å². The molecule has 24 heteroatoms. The quantitative estimate of drug-likeness (QED) is 0.0708. The summed E-state index contributed by atoms with van der Waals surface area (Å²) in [5, 5.41) is 10.8. The molecule has 0 fully saturated rings. The van der Waals surface area contributed by atoms with Crippen LogP contribution in [0.25, 0.3) is 22.0 Å². The van der Waals surface area contributed by atoms with Crippen LogP contribution in [0.2, 0.25) is 5.02 Å². The van der Waals surface area contributed by atoms with Crippen molar-refractivity contribution in [3.8, 4) is 11.1 Å². The number of esters is 1. The molecule has 5 aromatic rings. The van der Waals surface area contributed by atoms with E-state index in [2.05, 4.69) is 10.3 Å². The Morgan fingerprint density at radius 1 is 0.759 bits per heavy atom. The van der Waals surface area contributed by atoms with E-state index in [1.807, 2.05) is 0 Å². The van der Waals surface area contributed by atoms with Crippen molar-refractivity contribution < 1.29 is 71.6 Å². The second kappa shape index (κ2) is 15.0. The molecule has 6 rings (SSSR count). The second-order valence-electron chi connectivity index (χ2n) is 12.5. The van der Waals surface area contributed by atoms with Crippen LogP contribution in [-0.2, 0) is 56.3 Å². The molecule has 0 bridgehead atoms. The molecule has 58 heavy (non-hydrogen) atoms. The topological polar surface area (TPSA) is 323 Å². The first-order valence-electron chi connectivity index (χ1n) is 16.0. The number of pyridine rings is 1. The Labute approximate surface area is 332 Å². The normalized spacial score (nSPS) is 12.9. The number of hydrogen-bond acceptors (Lipinski definition) is 14. The summed E-state index contributed by atoms with van der Waals surface area (Å²) in [6.45, 7) is -0.441. The molecule has 304 valence electrons. The highest BCUT2D eigenvalue weighted by atomic mass is 35.5. The van der Waals surface area contributed by atoms with Gasteiger partial charge in [0.2, 0.25) is 0 Å². The Morgan fingerprint density at radius 3 is 1.93 bits per heavy atom. The van der Waals surface area contributed by atoms with Crippen LogP contribution < -0.4 is 10.9 Å². The van der Waals surface area contributed by atoms with E-state index in [1.165, 1.54) is 36.4 Å². The van der Waals surface area contributed by atoms with Gasteiger partial charge in [-0.15, -0.1) is 0 Å². The summed E-state index contributed by atoms with van der Waals surface area (Å²) in [6.07, 6.45) is -1.22. The van der Waals surface area contributed by atoms with E-state index in [1.54, 1.807) is 12.1 Å². The molecular weight excluding hydrogens is 872 g/mol. The average molecular weight is 897 g/mol. The number of aliphatic carboxylic acids is 1. The summed E-state index contributed by atoms with van der Waals surface area (Å²) in [4.78, 5) is 49.5. The lowest BCUT2D eigenvalue weighted by atomic mass is 9.81. The first-order valence-corrected chi connectivity index (χ1v) is 22.4. The molecule has 1 aliphatic carbocycles. The number of sulfone groups is 1. The highest BCUT2D eigenvalue weighted by Crippen LogP contribution is 2.46. The Balaban J connectivity index is 1.68. The fourth-order valence-corrected chi connectivity index (χ4v) is 10.1. The smallest absolute Gasteiger partial charge is 0.344 e. The van der Waals surface area contributed by atoms with Crippen LogP contribution in [0.5, 0.6) is 0 Å². The molecule has 0 saturated heterocycles. The predicted octanol–water partition coefficient (Wildman–Crippen LogP) is 3.87. The lowest BCUT2D eigenvalue weighted by molar-refractivity contribution is -0.137. The number of H-pyrrole nitrogens is 1. The number of nitrogens with one attached hydrogen (secondary N) is 2. The fraction of sp³-hybridized carbons (Fsp3) is 0.118. The number of anilines is 2. The lowest BCUT2D eigenvalue weighted by Gasteiger charge is -2.25. The van der Waals surface area contributed by atoms with E-state index in [0.717, 1.165) is 0 Å². The Hall–Kier alpha value is -5.53. The Bertz CT molecular complexity index is 3110. The van der Waals surface area contributed by atoms with Crippen LogP contribution in [0, 0.1) is 0 Å². The van der Waals surface area contributed by atoms with Gasteiger partial charge >= 0.3 is 11.9 Å². The van der Waals surface area contributed by atoms with Crippen LogP contribution in [0.4, 0.5) is 11.4 Å². The summed E-state index contributed by atoms with van der Waals surface area (Å²) >= 11 is 6.02. The SMILES string of the molecule is O=C(O)CCCS(=O)(=O)c1cc(S(=O)(=O)O)c(Nc2cc(S(=O)(=O)O)c3[nH]c(=O)c(C(=O)OCc4cccc(Cl)c4)c4c3c2C(=O)c2ccccc2-4)c(S(=O)(=O)O)c1. The molecule has 6 N–H and O–H groups in total. The molecule has 1 heterocycles. The molecule has 0 saturated carbocycles. The van der Waals surface area contributed by atoms with Crippen molar-refractivity contribution >= 4 is 91.8 Å². The van der Waals surface area contributed by atoms with Crippen molar-refractivity contribution in [1.82, 2.24) is 4.98 Å². The molecule has 0 spiro atoms. The van der Waals surface area contributed by atoms with Gasteiger partial charge in [0, 0.05) is 28.0 Å². The predicted molar refractivity (Wildman–Crippen MR) is 202 cm³/mol. The van der Waals surface area contributed by atoms with Gasteiger partial charge in [0.1, 0.15) is 26.9 Å². The number of ether oxygens (including phenoxy) is 1. The Kier molecular flexibility index (Phi) is 10.9. The summed E-state index contributed by atoms with van der Waals surface area (Å²) in [5.74, 6) is -4.71. The van der Waals surface area contributed by atoms with E-state index in [-0.39, 0.29) is 28.3 Å². The maximum absolute atomic E-state index is 14.3. The molecule has 1 aromatic heterocycles. The van der Waals surface area contributed by atoms with E-state index in [4.69, 9.17) is 21.4 Å². The number of benzene rings is 4. The number of carbonyl (C=O) groups is 3. The number of rotatable bonds is 13. The zero-order chi connectivity index (χ0) is 42.7. The maximum Gasteiger partial charge on any atom is 0.344 e. The summed E-state index contributed by atoms with van der Waals surface area (Å²) in [7, 11) is -21.7. The third-order valence-corrected chi connectivity index (χ3v) is 13.3. The fourth-order valence-electron chi connectivity index (χ4n) is 6.27. The van der Waals surface area contributed by atoms with Crippen LogP contribution >= 0.6 is 11.6 Å². The third kappa shape index (κ3) is 8.10. The molecule has 4 aromatic carbocycles. The van der Waals surface area contributed by atoms with Gasteiger partial charge in [-0.2, -0.15) is 25.3 Å². The van der Waals surface area contributed by atoms with Gasteiger partial charge in [0.25, 0.3) is 35.9 Å². The van der Waals surface area contributed by atoms with Gasteiger partial charge in [0.15, 0.2) is 15.6 Å². The number of fused-ring (bicyclic) bond motifs is 2. The van der Waals surface area contributed by atoms with Crippen LogP contribution in [0.15, 0.2) is 91.1 Å². The summed E-state index contributed by atoms with van der Waals surface area (Å²) < 4.78 is 140. The number of carbonyl (C=O) groups excluding carboxylic acids is 2. The standard InChI is InChI=1S/C34H25ClN2O17S4/c35-17-6-3-5-16(11-17)15-54-34(42)29-26-19-7-1-2-8-20(19)32(40)27-21(14-24(58(51,52)53)31(28(26)27)37-33(29)41)36-30-22(56(45,46)47)12-18(13-23(30)57(48,49)50)55(43,44)10-4-9-25(38)39/h1-3,5-8,11-14,36H,4,9-10,15H2,(H,37,41)(H,38,39)(H,45,46,47)(H,48,49,50)(H,51,52,53). The van der Waals surface area contributed by atoms with Crippen molar-refractivity contribution in [2.45, 2.75) is 39.0 Å². The molecule has 0 atom stereocenters. The van der Waals surface area contributed by atoms with Gasteiger partial charge in [-0.3, -0.25) is 28.0 Å². The lowest BCUT2D eigenvalue weighted by Crippen LogP contribution is -2.26. The molecule has 0 unspecified atom stereocenters. The van der Waals surface area contributed by atoms with Crippen LogP contribution in [0.3, 0.4) is 0 Å². The van der Waals surface area contributed by atoms with Crippen molar-refractivity contribution in [3.05, 3.63) is 104 Å². The number of hydrogen-bond donors (Lipinski definition) is 6. The van der Waals surface area contributed by atoms with E-state index in [9.17, 15) is 66.5 Å². The van der Waals surface area contributed by atoms with E-state index >= 15 is 0 Å². The second-order valence-corrected chi connectivity index (χ2v) is 19.2. The number of aromatic amines is 1. The zero-order valence-electron chi connectivity index (χ0n) is 28.8. The summed E-state index contributed by atoms with van der Waals surface area (Å²) in [5.41, 5.74) is -6.14. The van der Waals surface area contributed by atoms with Crippen molar-refractivity contribution in [2.24, 2.45) is 0 Å². The first kappa shape index (κ1) is 42.1. The number of aromatic nitrogens is 1. The van der Waals surface area contributed by atoms with Gasteiger partial charge < -0.3 is 20.1 Å². The molecule has 19 nitrogen and oxygen atoms in total. The minimum absolute atomic E-state index is 0.126. The van der Waals surface area contributed by atoms with Crippen molar-refractivity contribution in [2.75, 3.05) is 11.1 Å². The highest BCUT2D eigenvalue weighted by molar-refractivity contribution is 7.91. The van der Waals surface area contributed by atoms with E-state index in [0.29, 0.717) is 11.6 Å². The molecule has 0 amide bonds. The van der Waals surface area contributed by atoms with Crippen molar-refractivity contribution in [1.29, 1.82) is 0 Å². The summed E-state index contributed by atoms with van der Waals surface area (Å²) in [6, 6.07) is 12.3. The first-order chi connectivity index (χ1) is 26.9. The number of halogens is 1.